The van der Waals surface area contributed by atoms with Crippen LogP contribution < -0.4 is 5.73 Å². The first kappa shape index (κ1) is 12.5. The summed E-state index contributed by atoms with van der Waals surface area (Å²) in [6, 6.07) is 10.2. The Labute approximate surface area is 97.8 Å². The van der Waals surface area contributed by atoms with Crippen LogP contribution >= 0.6 is 0 Å². The molecule has 2 heteroatoms. The van der Waals surface area contributed by atoms with E-state index in [1.54, 1.807) is 0 Å². The molecular weight excluding hydrogens is 196 g/mol. The first-order valence-electron chi connectivity index (χ1n) is 5.44. The molecule has 0 radical (unpaired) electrons. The van der Waals surface area contributed by atoms with Gasteiger partial charge in [-0.15, -0.1) is 6.42 Å². The van der Waals surface area contributed by atoms with Gasteiger partial charge >= 0.3 is 0 Å². The average Bonchev–Trinajstić information content (AvgIpc) is 2.31. The first-order chi connectivity index (χ1) is 7.86. The number of hydrogen-bond donors (Lipinski definition) is 1. The Morgan fingerprint density at radius 2 is 2.06 bits per heavy atom. The standard InChI is InChI=1S/C14H18N2/c1-2-11-16(13-10-15)12-6-9-14-7-4-3-5-8-14/h1,3-9H,10-13,15H2/b9-6+. The maximum atomic E-state index is 5.51. The van der Waals surface area contributed by atoms with Crippen LogP contribution in [0.1, 0.15) is 5.56 Å². The van der Waals surface area contributed by atoms with Gasteiger partial charge < -0.3 is 5.73 Å². The number of nitrogens with two attached hydrogens (primary N) is 1. The van der Waals surface area contributed by atoms with Crippen molar-refractivity contribution in [2.24, 2.45) is 5.73 Å². The van der Waals surface area contributed by atoms with Gasteiger partial charge in [0, 0.05) is 19.6 Å². The van der Waals surface area contributed by atoms with E-state index in [1.165, 1.54) is 5.56 Å². The van der Waals surface area contributed by atoms with Crippen molar-refractivity contribution < 1.29 is 0 Å². The summed E-state index contributed by atoms with van der Waals surface area (Å²) in [6.45, 7) is 2.97. The van der Waals surface area contributed by atoms with Crippen LogP contribution in [0.5, 0.6) is 0 Å². The molecule has 2 N–H and O–H groups in total. The van der Waals surface area contributed by atoms with Gasteiger partial charge in [-0.1, -0.05) is 48.4 Å². The molecule has 0 fully saturated rings. The van der Waals surface area contributed by atoms with Gasteiger partial charge in [-0.3, -0.25) is 4.90 Å². The van der Waals surface area contributed by atoms with Crippen molar-refractivity contribution in [2.75, 3.05) is 26.2 Å². The highest BCUT2D eigenvalue weighted by Gasteiger charge is 1.97. The third kappa shape index (κ3) is 4.79. The Balaban J connectivity index is 2.43. The molecule has 0 aliphatic carbocycles. The van der Waals surface area contributed by atoms with Gasteiger partial charge in [-0.05, 0) is 5.56 Å². The molecule has 0 amide bonds. The van der Waals surface area contributed by atoms with Crippen LogP contribution in [0.15, 0.2) is 36.4 Å². The van der Waals surface area contributed by atoms with Crippen LogP contribution in [0.2, 0.25) is 0 Å². The third-order valence-corrected chi connectivity index (χ3v) is 2.23. The topological polar surface area (TPSA) is 29.3 Å². The second kappa shape index (κ2) is 7.70. The van der Waals surface area contributed by atoms with Crippen molar-refractivity contribution >= 4 is 6.08 Å². The van der Waals surface area contributed by atoms with Gasteiger partial charge in [0.15, 0.2) is 0 Å². The Morgan fingerprint density at radius 3 is 2.69 bits per heavy atom. The number of rotatable bonds is 6. The van der Waals surface area contributed by atoms with Crippen LogP contribution in [0.25, 0.3) is 6.08 Å². The van der Waals surface area contributed by atoms with Crippen molar-refractivity contribution in [3.8, 4) is 12.3 Å². The summed E-state index contributed by atoms with van der Waals surface area (Å²) in [6.07, 6.45) is 9.50. The molecule has 0 aliphatic heterocycles. The number of benzene rings is 1. The van der Waals surface area contributed by atoms with E-state index in [1.807, 2.05) is 18.2 Å². The van der Waals surface area contributed by atoms with E-state index in [2.05, 4.69) is 35.1 Å². The lowest BCUT2D eigenvalue weighted by Gasteiger charge is -2.15. The number of terminal acetylenes is 1. The highest BCUT2D eigenvalue weighted by Crippen LogP contribution is 2.01. The van der Waals surface area contributed by atoms with Crippen molar-refractivity contribution in [3.05, 3.63) is 42.0 Å². The summed E-state index contributed by atoms with van der Waals surface area (Å²) in [5.41, 5.74) is 6.71. The molecule has 0 atom stereocenters. The lowest BCUT2D eigenvalue weighted by atomic mass is 10.2. The fourth-order valence-electron chi connectivity index (χ4n) is 1.45. The monoisotopic (exact) mass is 214 g/mol. The molecule has 0 saturated carbocycles. The molecule has 0 heterocycles. The normalized spacial score (nSPS) is 10.8. The molecule has 84 valence electrons. The predicted octanol–water partition coefficient (Wildman–Crippen LogP) is 1.59. The van der Waals surface area contributed by atoms with E-state index in [9.17, 15) is 0 Å². The molecule has 0 bridgehead atoms. The molecule has 0 aliphatic rings. The Hall–Kier alpha value is -1.56. The lowest BCUT2D eigenvalue weighted by Crippen LogP contribution is -2.29. The smallest absolute Gasteiger partial charge is 0.0602 e. The van der Waals surface area contributed by atoms with E-state index in [4.69, 9.17) is 12.2 Å². The van der Waals surface area contributed by atoms with Gasteiger partial charge in [0.2, 0.25) is 0 Å². The summed E-state index contributed by atoms with van der Waals surface area (Å²) < 4.78 is 0. The Kier molecular flexibility index (Phi) is 6.02. The Bertz CT molecular complexity index is 349. The molecular formula is C14H18N2. The first-order valence-corrected chi connectivity index (χ1v) is 5.44. The number of nitrogens with zero attached hydrogens (tertiary/aromatic N) is 1. The highest BCUT2D eigenvalue weighted by molar-refractivity contribution is 5.48. The number of hydrogen-bond acceptors (Lipinski definition) is 2. The molecule has 1 aromatic rings. The zero-order valence-corrected chi connectivity index (χ0v) is 9.47. The molecule has 2 nitrogen and oxygen atoms in total. The van der Waals surface area contributed by atoms with E-state index in [0.717, 1.165) is 13.1 Å². The van der Waals surface area contributed by atoms with E-state index >= 15 is 0 Å². The summed E-state index contributed by atoms with van der Waals surface area (Å²) >= 11 is 0. The fraction of sp³-hybridized carbons (Fsp3) is 0.286. The van der Waals surface area contributed by atoms with Crippen molar-refractivity contribution in [1.82, 2.24) is 4.90 Å². The zero-order valence-electron chi connectivity index (χ0n) is 9.47. The fourth-order valence-corrected chi connectivity index (χ4v) is 1.45. The van der Waals surface area contributed by atoms with Crippen LogP contribution in [0, 0.1) is 12.3 Å². The van der Waals surface area contributed by atoms with Crippen molar-refractivity contribution in [2.45, 2.75) is 0 Å². The second-order valence-electron chi connectivity index (χ2n) is 3.54. The SMILES string of the molecule is C#CCN(C/C=C/c1ccccc1)CCN. The van der Waals surface area contributed by atoms with Gasteiger partial charge in [0.1, 0.15) is 0 Å². The quantitative estimate of drug-likeness (QED) is 0.729. The molecule has 1 aromatic carbocycles. The molecule has 0 aromatic heterocycles. The predicted molar refractivity (Wildman–Crippen MR) is 69.8 cm³/mol. The Morgan fingerprint density at radius 1 is 1.31 bits per heavy atom. The third-order valence-electron chi connectivity index (χ3n) is 2.23. The van der Waals surface area contributed by atoms with Gasteiger partial charge in [-0.2, -0.15) is 0 Å². The molecule has 1 rings (SSSR count). The van der Waals surface area contributed by atoms with Crippen molar-refractivity contribution in [1.29, 1.82) is 0 Å². The van der Waals surface area contributed by atoms with Crippen LogP contribution in [-0.2, 0) is 0 Å². The molecule has 0 unspecified atom stereocenters. The lowest BCUT2D eigenvalue weighted by molar-refractivity contribution is 0.350. The van der Waals surface area contributed by atoms with Crippen LogP contribution in [-0.4, -0.2) is 31.1 Å². The minimum absolute atomic E-state index is 0.640. The zero-order chi connectivity index (χ0) is 11.6. The van der Waals surface area contributed by atoms with Crippen LogP contribution in [0.3, 0.4) is 0 Å². The van der Waals surface area contributed by atoms with Gasteiger partial charge in [0.25, 0.3) is 0 Å². The largest absolute Gasteiger partial charge is 0.329 e. The van der Waals surface area contributed by atoms with Crippen LogP contribution in [0.4, 0.5) is 0 Å². The summed E-state index contributed by atoms with van der Waals surface area (Å²) in [7, 11) is 0. The molecule has 0 saturated heterocycles. The highest BCUT2D eigenvalue weighted by atomic mass is 15.1. The van der Waals surface area contributed by atoms with Gasteiger partial charge in [0.05, 0.1) is 6.54 Å². The minimum Gasteiger partial charge on any atom is -0.329 e. The summed E-state index contributed by atoms with van der Waals surface area (Å²) in [4.78, 5) is 2.14. The molecule has 0 spiro atoms. The maximum Gasteiger partial charge on any atom is 0.0602 e. The second-order valence-corrected chi connectivity index (χ2v) is 3.54. The minimum atomic E-state index is 0.640. The van der Waals surface area contributed by atoms with E-state index in [0.29, 0.717) is 13.1 Å². The maximum absolute atomic E-state index is 5.51. The average molecular weight is 214 g/mol. The van der Waals surface area contributed by atoms with Crippen molar-refractivity contribution in [3.63, 3.8) is 0 Å². The van der Waals surface area contributed by atoms with Gasteiger partial charge in [-0.25, -0.2) is 0 Å². The van der Waals surface area contributed by atoms with E-state index in [-0.39, 0.29) is 0 Å². The summed E-state index contributed by atoms with van der Waals surface area (Å²) in [5.74, 6) is 2.64. The molecule has 16 heavy (non-hydrogen) atoms. The van der Waals surface area contributed by atoms with E-state index < -0.39 is 0 Å². The summed E-state index contributed by atoms with van der Waals surface area (Å²) in [5, 5.41) is 0.